The highest BCUT2D eigenvalue weighted by Gasteiger charge is 2.41. The van der Waals surface area contributed by atoms with Crippen molar-refractivity contribution in [1.82, 2.24) is 0 Å². The summed E-state index contributed by atoms with van der Waals surface area (Å²) in [6.45, 7) is 5.63. The molecule has 3 nitrogen and oxygen atoms in total. The van der Waals surface area contributed by atoms with Gasteiger partial charge in [-0.05, 0) is 63.1 Å². The van der Waals surface area contributed by atoms with Gasteiger partial charge in [0.15, 0.2) is 11.6 Å². The van der Waals surface area contributed by atoms with Gasteiger partial charge in [-0.1, -0.05) is 6.07 Å². The van der Waals surface area contributed by atoms with E-state index in [-0.39, 0.29) is 35.0 Å². The van der Waals surface area contributed by atoms with Crippen LogP contribution in [0.3, 0.4) is 0 Å². The maximum Gasteiger partial charge on any atom is 0.165 e. The number of carbonyl (C=O) groups excluding carboxylic acids is 1. The van der Waals surface area contributed by atoms with Gasteiger partial charge in [0.1, 0.15) is 17.3 Å². The predicted molar refractivity (Wildman–Crippen MR) is 95.3 cm³/mol. The SMILES string of the molecule is CC(=O)C1CC1COc1ccc(-c2cc(OC(C)C)ccc2F)cc1F. The van der Waals surface area contributed by atoms with E-state index in [1.807, 2.05) is 13.8 Å². The van der Waals surface area contributed by atoms with Crippen LogP contribution in [-0.4, -0.2) is 18.5 Å². The molecule has 2 atom stereocenters. The molecule has 1 saturated carbocycles. The Morgan fingerprint density at radius 3 is 2.54 bits per heavy atom. The molecule has 0 saturated heterocycles. The van der Waals surface area contributed by atoms with Gasteiger partial charge in [-0.15, -0.1) is 0 Å². The van der Waals surface area contributed by atoms with Crippen molar-refractivity contribution in [2.45, 2.75) is 33.3 Å². The molecule has 2 aromatic carbocycles. The first kappa shape index (κ1) is 18.4. The molecule has 0 N–H and O–H groups in total. The zero-order valence-electron chi connectivity index (χ0n) is 15.1. The van der Waals surface area contributed by atoms with E-state index in [1.165, 1.54) is 18.2 Å². The zero-order chi connectivity index (χ0) is 18.8. The van der Waals surface area contributed by atoms with Crippen LogP contribution in [0.4, 0.5) is 8.78 Å². The van der Waals surface area contributed by atoms with Gasteiger partial charge < -0.3 is 9.47 Å². The van der Waals surface area contributed by atoms with Crippen LogP contribution in [0, 0.1) is 23.5 Å². The summed E-state index contributed by atoms with van der Waals surface area (Å²) in [5, 5.41) is 0. The monoisotopic (exact) mass is 360 g/mol. The van der Waals surface area contributed by atoms with Crippen molar-refractivity contribution < 1.29 is 23.0 Å². The third kappa shape index (κ3) is 4.21. The van der Waals surface area contributed by atoms with Crippen LogP contribution >= 0.6 is 0 Å². The average molecular weight is 360 g/mol. The van der Waals surface area contributed by atoms with Crippen molar-refractivity contribution in [3.05, 3.63) is 48.0 Å². The van der Waals surface area contributed by atoms with E-state index in [0.717, 1.165) is 6.42 Å². The third-order valence-corrected chi connectivity index (χ3v) is 4.45. The molecular weight excluding hydrogens is 338 g/mol. The minimum atomic E-state index is -0.558. The highest BCUT2D eigenvalue weighted by molar-refractivity contribution is 5.81. The lowest BCUT2D eigenvalue weighted by atomic mass is 10.0. The number of hydrogen-bond acceptors (Lipinski definition) is 3. The lowest BCUT2D eigenvalue weighted by molar-refractivity contribution is -0.118. The summed E-state index contributed by atoms with van der Waals surface area (Å²) >= 11 is 0. The fraction of sp³-hybridized carbons (Fsp3) is 0.381. The van der Waals surface area contributed by atoms with Crippen molar-refractivity contribution >= 4 is 5.78 Å². The fourth-order valence-corrected chi connectivity index (χ4v) is 2.98. The Morgan fingerprint density at radius 1 is 1.15 bits per heavy atom. The molecule has 3 rings (SSSR count). The van der Waals surface area contributed by atoms with E-state index >= 15 is 0 Å². The third-order valence-electron chi connectivity index (χ3n) is 4.45. The summed E-state index contributed by atoms with van der Waals surface area (Å²) in [6, 6.07) is 8.78. The minimum absolute atomic E-state index is 0.0372. The highest BCUT2D eigenvalue weighted by atomic mass is 19.1. The second-order valence-electron chi connectivity index (χ2n) is 6.98. The number of ether oxygens (including phenoxy) is 2. The molecule has 2 aromatic rings. The summed E-state index contributed by atoms with van der Waals surface area (Å²) in [5.41, 5.74) is 0.682. The molecule has 0 heterocycles. The van der Waals surface area contributed by atoms with E-state index in [0.29, 0.717) is 17.9 Å². The average Bonchev–Trinajstić information content (AvgIpc) is 3.35. The van der Waals surface area contributed by atoms with Crippen molar-refractivity contribution in [2.75, 3.05) is 6.61 Å². The van der Waals surface area contributed by atoms with Gasteiger partial charge in [-0.3, -0.25) is 4.79 Å². The number of hydrogen-bond donors (Lipinski definition) is 0. The summed E-state index contributed by atoms with van der Waals surface area (Å²) in [5.74, 6) is -0.0231. The fourth-order valence-electron chi connectivity index (χ4n) is 2.98. The first-order valence-electron chi connectivity index (χ1n) is 8.74. The first-order valence-corrected chi connectivity index (χ1v) is 8.74. The summed E-state index contributed by atoms with van der Waals surface area (Å²) in [7, 11) is 0. The summed E-state index contributed by atoms with van der Waals surface area (Å²) in [4.78, 5) is 11.2. The smallest absolute Gasteiger partial charge is 0.165 e. The largest absolute Gasteiger partial charge is 0.491 e. The van der Waals surface area contributed by atoms with Crippen LogP contribution in [0.25, 0.3) is 11.1 Å². The Balaban J connectivity index is 1.74. The topological polar surface area (TPSA) is 35.5 Å². The van der Waals surface area contributed by atoms with Crippen LogP contribution < -0.4 is 9.47 Å². The van der Waals surface area contributed by atoms with Crippen LogP contribution in [0.2, 0.25) is 0 Å². The maximum absolute atomic E-state index is 14.4. The molecular formula is C21H22F2O3. The van der Waals surface area contributed by atoms with Gasteiger partial charge in [-0.25, -0.2) is 8.78 Å². The number of halogens is 2. The molecule has 2 unspecified atom stereocenters. The Bertz CT molecular complexity index is 817. The van der Waals surface area contributed by atoms with E-state index in [9.17, 15) is 13.6 Å². The molecule has 5 heteroatoms. The molecule has 1 aliphatic rings. The van der Waals surface area contributed by atoms with Gasteiger partial charge in [-0.2, -0.15) is 0 Å². The number of rotatable bonds is 7. The van der Waals surface area contributed by atoms with Crippen LogP contribution in [0.15, 0.2) is 36.4 Å². The molecule has 0 aliphatic heterocycles. The van der Waals surface area contributed by atoms with Gasteiger partial charge >= 0.3 is 0 Å². The number of carbonyl (C=O) groups is 1. The summed E-state index contributed by atoms with van der Waals surface area (Å²) < 4.78 is 39.6. The molecule has 1 fully saturated rings. The quantitative estimate of drug-likeness (QED) is 0.695. The standard InChI is InChI=1S/C21H22F2O3/c1-12(2)26-16-5-6-19(22)18(10-16)14-4-7-21(20(23)9-14)25-11-15-8-17(15)13(3)24/h4-7,9-10,12,15,17H,8,11H2,1-3H3. The van der Waals surface area contributed by atoms with Crippen molar-refractivity contribution in [2.24, 2.45) is 11.8 Å². The Hall–Kier alpha value is -2.43. The van der Waals surface area contributed by atoms with Crippen molar-refractivity contribution in [3.8, 4) is 22.6 Å². The normalized spacial score (nSPS) is 18.7. The lowest BCUT2D eigenvalue weighted by Crippen LogP contribution is -2.06. The lowest BCUT2D eigenvalue weighted by Gasteiger charge is -2.13. The molecule has 0 spiro atoms. The van der Waals surface area contributed by atoms with Gasteiger partial charge in [0.25, 0.3) is 0 Å². The Morgan fingerprint density at radius 2 is 1.92 bits per heavy atom. The van der Waals surface area contributed by atoms with E-state index in [2.05, 4.69) is 0 Å². The van der Waals surface area contributed by atoms with Gasteiger partial charge in [0.2, 0.25) is 0 Å². The number of benzene rings is 2. The number of Topliss-reactive ketones (excluding diaryl/α,β-unsaturated/α-hetero) is 1. The van der Waals surface area contributed by atoms with Gasteiger partial charge in [0, 0.05) is 17.4 Å². The van der Waals surface area contributed by atoms with Gasteiger partial charge in [0.05, 0.1) is 12.7 Å². The molecule has 1 aliphatic carbocycles. The van der Waals surface area contributed by atoms with Crippen LogP contribution in [0.5, 0.6) is 11.5 Å². The van der Waals surface area contributed by atoms with Crippen LogP contribution in [0.1, 0.15) is 27.2 Å². The molecule has 0 radical (unpaired) electrons. The molecule has 0 aromatic heterocycles. The molecule has 0 amide bonds. The van der Waals surface area contributed by atoms with E-state index in [1.54, 1.807) is 25.1 Å². The second kappa shape index (κ2) is 7.44. The summed E-state index contributed by atoms with van der Waals surface area (Å²) in [6.07, 6.45) is 0.755. The minimum Gasteiger partial charge on any atom is -0.491 e. The molecule has 138 valence electrons. The second-order valence-corrected chi connectivity index (χ2v) is 6.98. The van der Waals surface area contributed by atoms with Crippen LogP contribution in [-0.2, 0) is 4.79 Å². The predicted octanol–water partition coefficient (Wildman–Crippen LogP) is 5.02. The maximum atomic E-state index is 14.4. The molecule has 26 heavy (non-hydrogen) atoms. The molecule has 0 bridgehead atoms. The zero-order valence-corrected chi connectivity index (χ0v) is 15.1. The highest BCUT2D eigenvalue weighted by Crippen LogP contribution is 2.39. The van der Waals surface area contributed by atoms with E-state index < -0.39 is 11.6 Å². The van der Waals surface area contributed by atoms with Crippen molar-refractivity contribution in [3.63, 3.8) is 0 Å². The van der Waals surface area contributed by atoms with Crippen molar-refractivity contribution in [1.29, 1.82) is 0 Å². The Labute approximate surface area is 151 Å². The first-order chi connectivity index (χ1) is 12.3. The van der Waals surface area contributed by atoms with E-state index in [4.69, 9.17) is 9.47 Å². The number of ketones is 1. The Kier molecular flexibility index (Phi) is 5.25.